The minimum Gasteiger partial charge on any atom is -0.387 e. The molecule has 0 bridgehead atoms. The van der Waals surface area contributed by atoms with Crippen LogP contribution in [0.2, 0.25) is 5.02 Å². The average molecular weight is 530 g/mol. The van der Waals surface area contributed by atoms with Crippen molar-refractivity contribution in [2.24, 2.45) is 0 Å². The lowest BCUT2D eigenvalue weighted by Crippen LogP contribution is -2.48. The number of halogens is 5. The standard InChI is InChI=1S/C26H20ClF4N5O/c1-12-24(33)17(25(34-2)13-6-20(29)23(31)21(30)7-13)3-4-36(12)26(37)19-9-15(28)8-18(22(19)27)14-5-16(10-32)35-11-14/h5-9,11-12,33-35H,3-4H2,1-2H3/b25-17-,33-24?/t12-/m1/s1. The van der Waals surface area contributed by atoms with E-state index < -0.39 is 35.2 Å². The maximum atomic E-state index is 14.5. The molecule has 0 radical (unpaired) electrons. The molecular formula is C26H20ClF4N5O. The third-order valence-electron chi connectivity index (χ3n) is 6.28. The first kappa shape index (κ1) is 26.0. The van der Waals surface area contributed by atoms with Crippen LogP contribution in [0, 0.1) is 40.0 Å². The number of likely N-dealkylation sites (tertiary alicyclic amines) is 1. The van der Waals surface area contributed by atoms with Gasteiger partial charge in [0.15, 0.2) is 17.5 Å². The Balaban J connectivity index is 1.68. The lowest BCUT2D eigenvalue weighted by molar-refractivity contribution is 0.0728. The minimum absolute atomic E-state index is 0.00821. The number of H-pyrrole nitrogens is 1. The summed E-state index contributed by atoms with van der Waals surface area (Å²) >= 11 is 6.50. The van der Waals surface area contributed by atoms with Crippen LogP contribution in [0.15, 0.2) is 42.1 Å². The van der Waals surface area contributed by atoms with Crippen molar-refractivity contribution in [3.8, 4) is 17.2 Å². The normalized spacial score (nSPS) is 17.0. The summed E-state index contributed by atoms with van der Waals surface area (Å²) in [4.78, 5) is 17.5. The molecule has 2 heterocycles. The minimum atomic E-state index is -1.59. The predicted molar refractivity (Wildman–Crippen MR) is 131 cm³/mol. The molecule has 2 aromatic carbocycles. The molecule has 0 saturated carbocycles. The second kappa shape index (κ2) is 10.1. The van der Waals surface area contributed by atoms with Gasteiger partial charge in [0.05, 0.1) is 22.3 Å². The number of benzene rings is 2. The predicted octanol–water partition coefficient (Wildman–Crippen LogP) is 5.65. The molecule has 11 heteroatoms. The number of amides is 1. The second-order valence-corrected chi connectivity index (χ2v) is 8.80. The van der Waals surface area contributed by atoms with Crippen LogP contribution in [-0.4, -0.2) is 41.1 Å². The number of hydrogen-bond donors (Lipinski definition) is 3. The van der Waals surface area contributed by atoms with Gasteiger partial charge in [-0.1, -0.05) is 11.6 Å². The van der Waals surface area contributed by atoms with Crippen LogP contribution in [0.5, 0.6) is 0 Å². The highest BCUT2D eigenvalue weighted by Gasteiger charge is 2.34. The Morgan fingerprint density at radius 1 is 1.19 bits per heavy atom. The fourth-order valence-electron chi connectivity index (χ4n) is 4.40. The summed E-state index contributed by atoms with van der Waals surface area (Å²) in [6, 6.07) is 6.45. The van der Waals surface area contributed by atoms with Crippen molar-refractivity contribution in [2.45, 2.75) is 19.4 Å². The highest BCUT2D eigenvalue weighted by molar-refractivity contribution is 6.36. The van der Waals surface area contributed by atoms with Gasteiger partial charge in [-0.3, -0.25) is 4.79 Å². The zero-order valence-corrected chi connectivity index (χ0v) is 20.4. The Bertz CT molecular complexity index is 1480. The van der Waals surface area contributed by atoms with Gasteiger partial charge in [-0.2, -0.15) is 5.26 Å². The summed E-state index contributed by atoms with van der Waals surface area (Å²) in [5.74, 6) is -5.64. The molecule has 1 amide bonds. The number of aromatic amines is 1. The van der Waals surface area contributed by atoms with Crippen molar-refractivity contribution in [2.75, 3.05) is 13.6 Å². The van der Waals surface area contributed by atoms with Crippen molar-refractivity contribution < 1.29 is 22.4 Å². The summed E-state index contributed by atoms with van der Waals surface area (Å²) < 4.78 is 55.7. The van der Waals surface area contributed by atoms with Gasteiger partial charge in [0.25, 0.3) is 5.91 Å². The van der Waals surface area contributed by atoms with Crippen LogP contribution in [-0.2, 0) is 0 Å². The fourth-order valence-corrected chi connectivity index (χ4v) is 4.70. The fraction of sp³-hybridized carbons (Fsp3) is 0.192. The summed E-state index contributed by atoms with van der Waals surface area (Å²) in [5.41, 5.74) is 1.41. The Labute approximate surface area is 214 Å². The van der Waals surface area contributed by atoms with E-state index in [1.807, 2.05) is 6.07 Å². The van der Waals surface area contributed by atoms with E-state index in [0.717, 1.165) is 24.3 Å². The van der Waals surface area contributed by atoms with Crippen LogP contribution in [0.1, 0.15) is 35.0 Å². The number of hydrogen-bond acceptors (Lipinski definition) is 4. The quantitative estimate of drug-likeness (QED) is 0.301. The first-order valence-corrected chi connectivity index (χ1v) is 11.5. The molecule has 1 aromatic heterocycles. The SMILES string of the molecule is CN/C(=C1/CCN(C(=O)c2cc(F)cc(-c3c[nH]c(C#N)c3)c2Cl)[C@H](C)C1=N)c1cc(F)c(F)c(F)c1. The third kappa shape index (κ3) is 4.70. The van der Waals surface area contributed by atoms with Gasteiger partial charge in [0, 0.05) is 47.7 Å². The van der Waals surface area contributed by atoms with Crippen LogP contribution >= 0.6 is 11.6 Å². The number of nitrogens with zero attached hydrogens (tertiary/aromatic N) is 2. The van der Waals surface area contributed by atoms with Crippen LogP contribution in [0.25, 0.3) is 16.8 Å². The van der Waals surface area contributed by atoms with E-state index in [2.05, 4.69) is 10.3 Å². The molecule has 0 unspecified atom stereocenters. The molecule has 0 spiro atoms. The molecule has 1 fully saturated rings. The molecule has 4 rings (SSSR count). The molecule has 0 aliphatic carbocycles. The summed E-state index contributed by atoms with van der Waals surface area (Å²) in [5, 5.41) is 20.5. The summed E-state index contributed by atoms with van der Waals surface area (Å²) in [6.45, 7) is 1.69. The monoisotopic (exact) mass is 529 g/mol. The Hall–Kier alpha value is -4.10. The summed E-state index contributed by atoms with van der Waals surface area (Å²) in [6.07, 6.45) is 1.61. The number of piperidine rings is 1. The lowest BCUT2D eigenvalue weighted by Gasteiger charge is -2.36. The highest BCUT2D eigenvalue weighted by Crippen LogP contribution is 2.35. The lowest BCUT2D eigenvalue weighted by atomic mass is 9.90. The molecule has 6 nitrogen and oxygen atoms in total. The van der Waals surface area contributed by atoms with Crippen LogP contribution in [0.3, 0.4) is 0 Å². The molecule has 1 aliphatic heterocycles. The van der Waals surface area contributed by atoms with Crippen LogP contribution in [0.4, 0.5) is 17.6 Å². The van der Waals surface area contributed by atoms with Crippen molar-refractivity contribution in [1.82, 2.24) is 15.2 Å². The van der Waals surface area contributed by atoms with Gasteiger partial charge in [0.1, 0.15) is 17.6 Å². The maximum Gasteiger partial charge on any atom is 0.256 e. The molecular weight excluding hydrogens is 510 g/mol. The van der Waals surface area contributed by atoms with Gasteiger partial charge in [-0.25, -0.2) is 17.6 Å². The average Bonchev–Trinajstić information content (AvgIpc) is 3.35. The number of carbonyl (C=O) groups excluding carboxylic acids is 1. The first-order valence-electron chi connectivity index (χ1n) is 11.1. The van der Waals surface area contributed by atoms with E-state index in [9.17, 15) is 22.4 Å². The molecule has 1 saturated heterocycles. The van der Waals surface area contributed by atoms with E-state index in [4.69, 9.17) is 22.3 Å². The molecule has 190 valence electrons. The maximum absolute atomic E-state index is 14.5. The number of rotatable bonds is 4. The van der Waals surface area contributed by atoms with E-state index >= 15 is 0 Å². The smallest absolute Gasteiger partial charge is 0.256 e. The number of nitriles is 1. The number of carbonyl (C=O) groups is 1. The Kier molecular flexibility index (Phi) is 7.09. The van der Waals surface area contributed by atoms with E-state index in [-0.39, 0.29) is 51.8 Å². The van der Waals surface area contributed by atoms with Gasteiger partial charge in [-0.05, 0) is 43.7 Å². The molecule has 37 heavy (non-hydrogen) atoms. The first-order chi connectivity index (χ1) is 17.6. The van der Waals surface area contributed by atoms with Crippen molar-refractivity contribution in [1.29, 1.82) is 10.7 Å². The largest absolute Gasteiger partial charge is 0.387 e. The molecule has 1 atom stereocenters. The van der Waals surface area contributed by atoms with Gasteiger partial charge in [-0.15, -0.1) is 0 Å². The molecule has 3 N–H and O–H groups in total. The highest BCUT2D eigenvalue weighted by atomic mass is 35.5. The molecule has 1 aliphatic rings. The van der Waals surface area contributed by atoms with E-state index in [1.165, 1.54) is 24.2 Å². The topological polar surface area (TPSA) is 95.8 Å². The van der Waals surface area contributed by atoms with Crippen molar-refractivity contribution in [3.05, 3.63) is 87.2 Å². The van der Waals surface area contributed by atoms with Crippen molar-refractivity contribution in [3.63, 3.8) is 0 Å². The number of aromatic nitrogens is 1. The van der Waals surface area contributed by atoms with Gasteiger partial charge < -0.3 is 20.6 Å². The molecule has 3 aromatic rings. The van der Waals surface area contributed by atoms with Gasteiger partial charge >= 0.3 is 0 Å². The summed E-state index contributed by atoms with van der Waals surface area (Å²) in [7, 11) is 1.50. The van der Waals surface area contributed by atoms with E-state index in [0.29, 0.717) is 11.1 Å². The third-order valence-corrected chi connectivity index (χ3v) is 6.69. The Morgan fingerprint density at radius 3 is 2.46 bits per heavy atom. The second-order valence-electron chi connectivity index (χ2n) is 8.42. The Morgan fingerprint density at radius 2 is 1.86 bits per heavy atom. The zero-order chi connectivity index (χ0) is 27.0. The zero-order valence-electron chi connectivity index (χ0n) is 19.6. The van der Waals surface area contributed by atoms with Crippen LogP contribution < -0.4 is 5.32 Å². The van der Waals surface area contributed by atoms with Gasteiger partial charge in [0.2, 0.25) is 0 Å². The van der Waals surface area contributed by atoms with Crippen molar-refractivity contribution >= 4 is 28.9 Å². The number of nitrogens with one attached hydrogen (secondary N) is 3. The van der Waals surface area contributed by atoms with E-state index in [1.54, 1.807) is 6.92 Å².